The van der Waals surface area contributed by atoms with E-state index in [1.54, 1.807) is 27.0 Å². The highest BCUT2D eigenvalue weighted by atomic mass is 16.6. The lowest BCUT2D eigenvalue weighted by molar-refractivity contribution is -0.384. The monoisotopic (exact) mass is 252 g/mol. The molecule has 6 nitrogen and oxygen atoms in total. The number of carbonyl (C=O) groups excluding carboxylic acids is 1. The molecule has 1 N–H and O–H groups in total. The molecule has 98 valence electrons. The summed E-state index contributed by atoms with van der Waals surface area (Å²) in [5.41, 5.74) is 0.797. The van der Waals surface area contributed by atoms with Gasteiger partial charge in [-0.05, 0) is 25.5 Å². The van der Waals surface area contributed by atoms with Crippen LogP contribution in [0.3, 0.4) is 0 Å². The summed E-state index contributed by atoms with van der Waals surface area (Å²) in [5.74, 6) is -0.344. The highest BCUT2D eigenvalue weighted by Gasteiger charge is 2.19. The summed E-state index contributed by atoms with van der Waals surface area (Å²) in [7, 11) is 1.55. The number of rotatable bonds is 4. The van der Waals surface area contributed by atoms with Gasteiger partial charge in [0.1, 0.15) is 0 Å². The van der Waals surface area contributed by atoms with E-state index < -0.39 is 4.92 Å². The van der Waals surface area contributed by atoms with Crippen LogP contribution in [-0.4, -0.2) is 40.5 Å². The molecule has 0 aliphatic heterocycles. The van der Waals surface area contributed by atoms with Crippen molar-refractivity contribution in [3.8, 4) is 0 Å². The topological polar surface area (TPSA) is 83.7 Å². The van der Waals surface area contributed by atoms with E-state index in [2.05, 4.69) is 0 Å². The van der Waals surface area contributed by atoms with Crippen molar-refractivity contribution in [1.82, 2.24) is 4.90 Å². The standard InChI is InChI=1S/C12H16N2O4/c1-8-4-10(6-11(5-8)14(17)18)12(16)13(3)9(2)7-15/h4-6,9,15H,7H2,1-3H3. The van der Waals surface area contributed by atoms with Crippen molar-refractivity contribution in [2.75, 3.05) is 13.7 Å². The largest absolute Gasteiger partial charge is 0.394 e. The first-order valence-electron chi connectivity index (χ1n) is 5.51. The second-order valence-corrected chi connectivity index (χ2v) is 4.26. The number of non-ortho nitro benzene ring substituents is 1. The van der Waals surface area contributed by atoms with Gasteiger partial charge in [0.15, 0.2) is 0 Å². The number of nitro benzene ring substituents is 1. The molecule has 0 aromatic heterocycles. The molecule has 0 saturated carbocycles. The summed E-state index contributed by atoms with van der Waals surface area (Å²) < 4.78 is 0. The Morgan fingerprint density at radius 3 is 2.61 bits per heavy atom. The summed E-state index contributed by atoms with van der Waals surface area (Å²) in [6.45, 7) is 3.23. The van der Waals surface area contributed by atoms with Crippen LogP contribution >= 0.6 is 0 Å². The Kier molecular flexibility index (Phi) is 4.38. The first-order chi connectivity index (χ1) is 8.36. The first kappa shape index (κ1) is 14.1. The van der Waals surface area contributed by atoms with Crippen LogP contribution in [0.5, 0.6) is 0 Å². The van der Waals surface area contributed by atoms with Crippen LogP contribution < -0.4 is 0 Å². The Morgan fingerprint density at radius 1 is 1.50 bits per heavy atom. The number of aliphatic hydroxyl groups excluding tert-OH is 1. The van der Waals surface area contributed by atoms with E-state index in [-0.39, 0.29) is 29.8 Å². The highest BCUT2D eigenvalue weighted by Crippen LogP contribution is 2.18. The van der Waals surface area contributed by atoms with Gasteiger partial charge in [-0.2, -0.15) is 0 Å². The molecule has 0 aliphatic rings. The fourth-order valence-electron chi connectivity index (χ4n) is 1.52. The molecule has 1 unspecified atom stereocenters. The lowest BCUT2D eigenvalue weighted by Crippen LogP contribution is -2.37. The summed E-state index contributed by atoms with van der Waals surface area (Å²) in [4.78, 5) is 23.6. The molecule has 0 saturated heterocycles. The number of likely N-dealkylation sites (N-methyl/N-ethyl adjacent to an activating group) is 1. The van der Waals surface area contributed by atoms with Crippen molar-refractivity contribution in [2.45, 2.75) is 19.9 Å². The SMILES string of the molecule is Cc1cc(C(=O)N(C)C(C)CO)cc([N+](=O)[O-])c1. The van der Waals surface area contributed by atoms with Crippen molar-refractivity contribution < 1.29 is 14.8 Å². The zero-order valence-corrected chi connectivity index (χ0v) is 10.6. The van der Waals surface area contributed by atoms with Crippen LogP contribution in [0.1, 0.15) is 22.8 Å². The first-order valence-corrected chi connectivity index (χ1v) is 5.51. The molecule has 1 atom stereocenters. The lowest BCUT2D eigenvalue weighted by Gasteiger charge is -2.23. The smallest absolute Gasteiger partial charge is 0.270 e. The molecule has 1 aromatic carbocycles. The van der Waals surface area contributed by atoms with Gasteiger partial charge in [-0.1, -0.05) is 0 Å². The van der Waals surface area contributed by atoms with Crippen LogP contribution in [0.4, 0.5) is 5.69 Å². The minimum absolute atomic E-state index is 0.108. The molecule has 0 bridgehead atoms. The van der Waals surface area contributed by atoms with Gasteiger partial charge in [0, 0.05) is 24.7 Å². The number of aliphatic hydroxyl groups is 1. The Hall–Kier alpha value is -1.95. The minimum Gasteiger partial charge on any atom is -0.394 e. The second-order valence-electron chi connectivity index (χ2n) is 4.26. The van der Waals surface area contributed by atoms with Crippen molar-refractivity contribution >= 4 is 11.6 Å². The molecular formula is C12H16N2O4. The summed E-state index contributed by atoms with van der Waals surface area (Å²) in [6, 6.07) is 3.91. The number of benzene rings is 1. The van der Waals surface area contributed by atoms with Crippen LogP contribution in [0, 0.1) is 17.0 Å². The lowest BCUT2D eigenvalue weighted by atomic mass is 10.1. The van der Waals surface area contributed by atoms with E-state index in [1.165, 1.54) is 17.0 Å². The molecule has 6 heteroatoms. The maximum atomic E-state index is 12.1. The van der Waals surface area contributed by atoms with E-state index in [9.17, 15) is 14.9 Å². The number of nitro groups is 1. The van der Waals surface area contributed by atoms with Crippen LogP contribution in [0.15, 0.2) is 18.2 Å². The van der Waals surface area contributed by atoms with E-state index in [4.69, 9.17) is 5.11 Å². The molecule has 0 heterocycles. The van der Waals surface area contributed by atoms with Crippen molar-refractivity contribution in [2.24, 2.45) is 0 Å². The molecule has 1 aromatic rings. The van der Waals surface area contributed by atoms with Crippen LogP contribution in [0.25, 0.3) is 0 Å². The zero-order valence-electron chi connectivity index (χ0n) is 10.6. The minimum atomic E-state index is -0.529. The zero-order chi connectivity index (χ0) is 13.9. The maximum Gasteiger partial charge on any atom is 0.270 e. The Morgan fingerprint density at radius 2 is 2.11 bits per heavy atom. The molecule has 0 aliphatic carbocycles. The van der Waals surface area contributed by atoms with Gasteiger partial charge in [0.25, 0.3) is 11.6 Å². The average molecular weight is 252 g/mol. The van der Waals surface area contributed by atoms with Crippen molar-refractivity contribution in [3.63, 3.8) is 0 Å². The molecular weight excluding hydrogens is 236 g/mol. The second kappa shape index (κ2) is 5.59. The van der Waals surface area contributed by atoms with Gasteiger partial charge < -0.3 is 10.0 Å². The van der Waals surface area contributed by atoms with E-state index in [0.717, 1.165) is 0 Å². The van der Waals surface area contributed by atoms with Gasteiger partial charge in [0.2, 0.25) is 0 Å². The fraction of sp³-hybridized carbons (Fsp3) is 0.417. The molecule has 18 heavy (non-hydrogen) atoms. The quantitative estimate of drug-likeness (QED) is 0.647. The van der Waals surface area contributed by atoms with Crippen LogP contribution in [0.2, 0.25) is 0 Å². The fourth-order valence-corrected chi connectivity index (χ4v) is 1.52. The molecule has 1 rings (SSSR count). The number of amides is 1. The third kappa shape index (κ3) is 3.04. The van der Waals surface area contributed by atoms with Gasteiger partial charge in [-0.15, -0.1) is 0 Å². The number of carbonyl (C=O) groups is 1. The summed E-state index contributed by atoms with van der Waals surface area (Å²) in [5, 5.41) is 19.7. The Balaban J connectivity index is 3.09. The number of nitrogens with zero attached hydrogens (tertiary/aromatic N) is 2. The van der Waals surface area contributed by atoms with E-state index in [1.807, 2.05) is 0 Å². The summed E-state index contributed by atoms with van der Waals surface area (Å²) >= 11 is 0. The van der Waals surface area contributed by atoms with Gasteiger partial charge in [-0.3, -0.25) is 14.9 Å². The Bertz CT molecular complexity index is 473. The van der Waals surface area contributed by atoms with Gasteiger partial charge in [-0.25, -0.2) is 0 Å². The predicted octanol–water partition coefficient (Wildman–Crippen LogP) is 1.36. The van der Waals surface area contributed by atoms with Gasteiger partial charge in [0.05, 0.1) is 17.6 Å². The highest BCUT2D eigenvalue weighted by molar-refractivity contribution is 5.95. The average Bonchev–Trinajstić information content (AvgIpc) is 2.35. The normalized spacial score (nSPS) is 12.0. The van der Waals surface area contributed by atoms with Crippen LogP contribution in [-0.2, 0) is 0 Å². The molecule has 1 amide bonds. The third-order valence-corrected chi connectivity index (χ3v) is 2.77. The number of hydrogen-bond donors (Lipinski definition) is 1. The van der Waals surface area contributed by atoms with Gasteiger partial charge >= 0.3 is 0 Å². The van der Waals surface area contributed by atoms with E-state index in [0.29, 0.717) is 5.56 Å². The maximum absolute atomic E-state index is 12.1. The molecule has 0 fully saturated rings. The summed E-state index contributed by atoms with van der Waals surface area (Å²) in [6.07, 6.45) is 0. The molecule has 0 radical (unpaired) electrons. The Labute approximate surface area is 105 Å². The predicted molar refractivity (Wildman–Crippen MR) is 66.5 cm³/mol. The number of aryl methyl sites for hydroxylation is 1. The van der Waals surface area contributed by atoms with E-state index >= 15 is 0 Å². The third-order valence-electron chi connectivity index (χ3n) is 2.77. The van der Waals surface area contributed by atoms with Crippen molar-refractivity contribution in [3.05, 3.63) is 39.4 Å². The number of hydrogen-bond acceptors (Lipinski definition) is 4. The van der Waals surface area contributed by atoms with Crippen molar-refractivity contribution in [1.29, 1.82) is 0 Å². The molecule has 0 spiro atoms.